The first-order valence-corrected chi connectivity index (χ1v) is 5.69. The Hall–Kier alpha value is -0.790. The summed E-state index contributed by atoms with van der Waals surface area (Å²) in [6, 6.07) is 2.85. The van der Waals surface area contributed by atoms with Crippen molar-refractivity contribution in [2.75, 3.05) is 0 Å². The van der Waals surface area contributed by atoms with Gasteiger partial charge in [-0.05, 0) is 51.5 Å². The van der Waals surface area contributed by atoms with Crippen LogP contribution in [0.25, 0.3) is 0 Å². The zero-order valence-electron chi connectivity index (χ0n) is 9.45. The first-order chi connectivity index (χ1) is 6.66. The highest BCUT2D eigenvalue weighted by Gasteiger charge is 2.21. The molecular formula is C12H20N2. The van der Waals surface area contributed by atoms with Gasteiger partial charge in [0.25, 0.3) is 0 Å². The van der Waals surface area contributed by atoms with E-state index < -0.39 is 0 Å². The summed E-state index contributed by atoms with van der Waals surface area (Å²) in [5.74, 6) is 0.920. The summed E-state index contributed by atoms with van der Waals surface area (Å²) in [6.45, 7) is 6.60. The van der Waals surface area contributed by atoms with Crippen molar-refractivity contribution in [1.29, 1.82) is 0 Å². The van der Waals surface area contributed by atoms with E-state index >= 15 is 0 Å². The van der Waals surface area contributed by atoms with Gasteiger partial charge in [0.15, 0.2) is 0 Å². The Morgan fingerprint density at radius 2 is 1.86 bits per heavy atom. The summed E-state index contributed by atoms with van der Waals surface area (Å²) >= 11 is 0. The van der Waals surface area contributed by atoms with Crippen LogP contribution < -0.4 is 0 Å². The molecule has 1 heterocycles. The van der Waals surface area contributed by atoms with Crippen molar-refractivity contribution in [1.82, 2.24) is 9.78 Å². The molecule has 0 N–H and O–H groups in total. The maximum atomic E-state index is 4.58. The highest BCUT2D eigenvalue weighted by atomic mass is 15.3. The lowest BCUT2D eigenvalue weighted by atomic mass is 9.87. The SMILES string of the molecule is Cc1cc(C)n(C2CCC(C)CC2)n1. The quantitative estimate of drug-likeness (QED) is 0.668. The van der Waals surface area contributed by atoms with Gasteiger partial charge < -0.3 is 0 Å². The molecular weight excluding hydrogens is 172 g/mol. The fourth-order valence-corrected chi connectivity index (χ4v) is 2.50. The van der Waals surface area contributed by atoms with Gasteiger partial charge in [-0.25, -0.2) is 0 Å². The van der Waals surface area contributed by atoms with Gasteiger partial charge >= 0.3 is 0 Å². The predicted molar refractivity (Wildman–Crippen MR) is 58.4 cm³/mol. The third kappa shape index (κ3) is 1.84. The summed E-state index contributed by atoms with van der Waals surface area (Å²) in [6.07, 6.45) is 5.35. The largest absolute Gasteiger partial charge is 0.267 e. The van der Waals surface area contributed by atoms with E-state index in [1.54, 1.807) is 0 Å². The summed E-state index contributed by atoms with van der Waals surface area (Å²) in [5.41, 5.74) is 2.48. The molecule has 0 aromatic carbocycles. The normalized spacial score (nSPS) is 27.9. The second-order valence-corrected chi connectivity index (χ2v) is 4.79. The number of hydrogen-bond acceptors (Lipinski definition) is 1. The van der Waals surface area contributed by atoms with Gasteiger partial charge in [0, 0.05) is 5.69 Å². The lowest BCUT2D eigenvalue weighted by molar-refractivity contribution is 0.270. The molecule has 14 heavy (non-hydrogen) atoms. The minimum absolute atomic E-state index is 0.667. The zero-order valence-corrected chi connectivity index (χ0v) is 9.45. The van der Waals surface area contributed by atoms with Crippen LogP contribution in [0.1, 0.15) is 50.0 Å². The smallest absolute Gasteiger partial charge is 0.0596 e. The summed E-state index contributed by atoms with van der Waals surface area (Å²) in [7, 11) is 0. The van der Waals surface area contributed by atoms with Crippen molar-refractivity contribution in [2.45, 2.75) is 52.5 Å². The minimum atomic E-state index is 0.667. The van der Waals surface area contributed by atoms with Crippen LogP contribution in [0.2, 0.25) is 0 Å². The maximum Gasteiger partial charge on any atom is 0.0596 e. The first kappa shape index (κ1) is 9.75. The Morgan fingerprint density at radius 3 is 2.36 bits per heavy atom. The molecule has 1 aliphatic rings. The number of aryl methyl sites for hydroxylation is 2. The number of aromatic nitrogens is 2. The topological polar surface area (TPSA) is 17.8 Å². The third-order valence-electron chi connectivity index (χ3n) is 3.38. The third-order valence-corrected chi connectivity index (χ3v) is 3.38. The van der Waals surface area contributed by atoms with Crippen LogP contribution in [0, 0.1) is 19.8 Å². The number of rotatable bonds is 1. The van der Waals surface area contributed by atoms with Gasteiger partial charge in [0.1, 0.15) is 0 Å². The van der Waals surface area contributed by atoms with E-state index in [0.29, 0.717) is 6.04 Å². The van der Waals surface area contributed by atoms with E-state index in [4.69, 9.17) is 0 Å². The molecule has 0 atom stereocenters. The van der Waals surface area contributed by atoms with E-state index in [-0.39, 0.29) is 0 Å². The van der Waals surface area contributed by atoms with Gasteiger partial charge in [-0.1, -0.05) is 6.92 Å². The Kier molecular flexibility index (Phi) is 2.62. The molecule has 1 aliphatic carbocycles. The lowest BCUT2D eigenvalue weighted by Gasteiger charge is -2.27. The molecule has 0 saturated heterocycles. The van der Waals surface area contributed by atoms with Gasteiger partial charge in [-0.15, -0.1) is 0 Å². The minimum Gasteiger partial charge on any atom is -0.267 e. The van der Waals surface area contributed by atoms with Crippen molar-refractivity contribution >= 4 is 0 Å². The molecule has 1 aromatic heterocycles. The van der Waals surface area contributed by atoms with Crippen molar-refractivity contribution in [2.24, 2.45) is 5.92 Å². The number of hydrogen-bond donors (Lipinski definition) is 0. The molecule has 78 valence electrons. The summed E-state index contributed by atoms with van der Waals surface area (Å²) in [5, 5.41) is 4.58. The van der Waals surface area contributed by atoms with Gasteiger partial charge in [0.05, 0.1) is 11.7 Å². The Balaban J connectivity index is 2.11. The molecule has 0 aliphatic heterocycles. The van der Waals surface area contributed by atoms with E-state index in [0.717, 1.165) is 11.6 Å². The highest BCUT2D eigenvalue weighted by molar-refractivity contribution is 5.07. The molecule has 1 fully saturated rings. The molecule has 0 amide bonds. The average Bonchev–Trinajstić information content (AvgIpc) is 2.47. The maximum absolute atomic E-state index is 4.58. The van der Waals surface area contributed by atoms with E-state index in [2.05, 4.69) is 36.6 Å². The second-order valence-electron chi connectivity index (χ2n) is 4.79. The Bertz CT molecular complexity index is 306. The van der Waals surface area contributed by atoms with Crippen LogP contribution >= 0.6 is 0 Å². The molecule has 2 rings (SSSR count). The molecule has 0 unspecified atom stereocenters. The Labute approximate surface area is 86.3 Å². The van der Waals surface area contributed by atoms with Crippen LogP contribution in [-0.4, -0.2) is 9.78 Å². The molecule has 0 bridgehead atoms. The standard InChI is InChI=1S/C12H20N2/c1-9-4-6-12(7-5-9)14-11(3)8-10(2)13-14/h8-9,12H,4-7H2,1-3H3. The van der Waals surface area contributed by atoms with Gasteiger partial charge in [-0.2, -0.15) is 5.10 Å². The fraction of sp³-hybridized carbons (Fsp3) is 0.750. The van der Waals surface area contributed by atoms with E-state index in [9.17, 15) is 0 Å². The lowest BCUT2D eigenvalue weighted by Crippen LogP contribution is -2.18. The highest BCUT2D eigenvalue weighted by Crippen LogP contribution is 2.32. The van der Waals surface area contributed by atoms with Crippen molar-refractivity contribution in [3.63, 3.8) is 0 Å². The van der Waals surface area contributed by atoms with Crippen LogP contribution in [0.5, 0.6) is 0 Å². The van der Waals surface area contributed by atoms with E-state index in [1.807, 2.05) is 0 Å². The van der Waals surface area contributed by atoms with Gasteiger partial charge in [-0.3, -0.25) is 4.68 Å². The molecule has 1 saturated carbocycles. The van der Waals surface area contributed by atoms with Crippen LogP contribution in [-0.2, 0) is 0 Å². The van der Waals surface area contributed by atoms with Crippen LogP contribution in [0.3, 0.4) is 0 Å². The molecule has 2 nitrogen and oxygen atoms in total. The molecule has 2 heteroatoms. The van der Waals surface area contributed by atoms with Crippen molar-refractivity contribution in [3.8, 4) is 0 Å². The predicted octanol–water partition coefficient (Wildman–Crippen LogP) is 3.25. The molecule has 0 radical (unpaired) electrons. The van der Waals surface area contributed by atoms with Gasteiger partial charge in [0.2, 0.25) is 0 Å². The molecule has 1 aromatic rings. The average molecular weight is 192 g/mol. The molecule has 0 spiro atoms. The van der Waals surface area contributed by atoms with Crippen LogP contribution in [0.4, 0.5) is 0 Å². The Morgan fingerprint density at radius 1 is 1.21 bits per heavy atom. The van der Waals surface area contributed by atoms with Crippen molar-refractivity contribution < 1.29 is 0 Å². The van der Waals surface area contributed by atoms with Crippen molar-refractivity contribution in [3.05, 3.63) is 17.5 Å². The van der Waals surface area contributed by atoms with Crippen LogP contribution in [0.15, 0.2) is 6.07 Å². The summed E-state index contributed by atoms with van der Waals surface area (Å²) in [4.78, 5) is 0. The van der Waals surface area contributed by atoms with E-state index in [1.165, 1.54) is 31.4 Å². The second kappa shape index (κ2) is 3.76. The first-order valence-electron chi connectivity index (χ1n) is 5.69. The summed E-state index contributed by atoms with van der Waals surface area (Å²) < 4.78 is 2.24. The monoisotopic (exact) mass is 192 g/mol. The fourth-order valence-electron chi connectivity index (χ4n) is 2.50. The number of nitrogens with zero attached hydrogens (tertiary/aromatic N) is 2. The zero-order chi connectivity index (χ0) is 10.1.